The van der Waals surface area contributed by atoms with E-state index in [-0.39, 0.29) is 0 Å². The minimum Gasteiger partial charge on any atom is -0.497 e. The van der Waals surface area contributed by atoms with Crippen LogP contribution in [0.3, 0.4) is 0 Å². The Kier molecular flexibility index (Phi) is 4.36. The first-order valence-corrected chi connectivity index (χ1v) is 6.27. The molecule has 2 aromatic rings. The first kappa shape index (κ1) is 13.4. The van der Waals surface area contributed by atoms with Crippen molar-refractivity contribution in [1.82, 2.24) is 0 Å². The van der Waals surface area contributed by atoms with Gasteiger partial charge in [0.25, 0.3) is 0 Å². The summed E-state index contributed by atoms with van der Waals surface area (Å²) in [6.45, 7) is 0. The molecule has 19 heavy (non-hydrogen) atoms. The summed E-state index contributed by atoms with van der Waals surface area (Å²) >= 11 is 4.87. The summed E-state index contributed by atoms with van der Waals surface area (Å²) in [6.07, 6.45) is 0.609. The van der Waals surface area contributed by atoms with Gasteiger partial charge in [-0.05, 0) is 42.0 Å². The fourth-order valence-electron chi connectivity index (χ4n) is 1.66. The molecule has 0 bridgehead atoms. The van der Waals surface area contributed by atoms with E-state index in [4.69, 9.17) is 27.4 Å². The number of methoxy groups -OCH3 is 1. The topological polar surface area (TPSA) is 44.5 Å². The van der Waals surface area contributed by atoms with Crippen LogP contribution in [0.4, 0.5) is 0 Å². The van der Waals surface area contributed by atoms with Crippen LogP contribution >= 0.6 is 12.2 Å². The van der Waals surface area contributed by atoms with E-state index in [1.807, 2.05) is 48.5 Å². The smallest absolute Gasteiger partial charge is 0.127 e. The van der Waals surface area contributed by atoms with E-state index in [0.29, 0.717) is 11.4 Å². The molecule has 0 aliphatic heterocycles. The number of nitrogens with two attached hydrogens (primary N) is 1. The molecule has 0 spiro atoms. The third-order valence-corrected chi connectivity index (χ3v) is 2.74. The van der Waals surface area contributed by atoms with Crippen molar-refractivity contribution in [2.45, 2.75) is 6.42 Å². The van der Waals surface area contributed by atoms with Gasteiger partial charge < -0.3 is 15.2 Å². The van der Waals surface area contributed by atoms with Gasteiger partial charge in [0.05, 0.1) is 12.1 Å². The van der Waals surface area contributed by atoms with Crippen LogP contribution in [0.5, 0.6) is 17.2 Å². The highest BCUT2D eigenvalue weighted by Gasteiger charge is 2.00. The van der Waals surface area contributed by atoms with Crippen LogP contribution in [-0.4, -0.2) is 12.1 Å². The van der Waals surface area contributed by atoms with E-state index in [9.17, 15) is 0 Å². The van der Waals surface area contributed by atoms with Gasteiger partial charge in [-0.25, -0.2) is 0 Å². The molecule has 0 saturated carbocycles. The molecule has 0 radical (unpaired) electrons. The molecule has 0 atom stereocenters. The maximum atomic E-state index is 5.72. The van der Waals surface area contributed by atoms with Crippen molar-refractivity contribution in [3.8, 4) is 17.2 Å². The first-order valence-electron chi connectivity index (χ1n) is 5.86. The van der Waals surface area contributed by atoms with Crippen molar-refractivity contribution in [3.05, 3.63) is 54.1 Å². The summed E-state index contributed by atoms with van der Waals surface area (Å²) in [6, 6.07) is 15.2. The Bertz CT molecular complexity index is 549. The lowest BCUT2D eigenvalue weighted by molar-refractivity contribution is 0.413. The van der Waals surface area contributed by atoms with Crippen molar-refractivity contribution >= 4 is 17.2 Å². The molecule has 2 N–H and O–H groups in total. The second kappa shape index (κ2) is 6.20. The average molecular weight is 273 g/mol. The zero-order chi connectivity index (χ0) is 13.7. The standard InChI is InChI=1S/C15H15NO2S/c1-17-12-6-8-14(9-7-12)18-13-4-2-11(3-5-13)10-15(16)19/h2-9H,10H2,1H3,(H2,16,19). The van der Waals surface area contributed by atoms with Gasteiger partial charge in [-0.15, -0.1) is 0 Å². The van der Waals surface area contributed by atoms with Gasteiger partial charge in [0.15, 0.2) is 0 Å². The van der Waals surface area contributed by atoms with E-state index < -0.39 is 0 Å². The molecular formula is C15H15NO2S. The Labute approximate surface area is 118 Å². The van der Waals surface area contributed by atoms with Crippen LogP contribution in [0.1, 0.15) is 5.56 Å². The van der Waals surface area contributed by atoms with E-state index >= 15 is 0 Å². The Balaban J connectivity index is 2.04. The third kappa shape index (κ3) is 3.96. The monoisotopic (exact) mass is 273 g/mol. The second-order valence-electron chi connectivity index (χ2n) is 4.06. The van der Waals surface area contributed by atoms with Crippen molar-refractivity contribution in [2.24, 2.45) is 5.73 Å². The SMILES string of the molecule is COc1ccc(Oc2ccc(CC(N)=S)cc2)cc1. The Morgan fingerprint density at radius 1 is 0.947 bits per heavy atom. The summed E-state index contributed by atoms with van der Waals surface area (Å²) in [7, 11) is 1.64. The molecule has 2 aromatic carbocycles. The predicted octanol–water partition coefficient (Wildman–Crippen LogP) is 3.32. The Hall–Kier alpha value is -2.07. The molecule has 0 aromatic heterocycles. The lowest BCUT2D eigenvalue weighted by Gasteiger charge is -2.07. The highest BCUT2D eigenvalue weighted by Crippen LogP contribution is 2.24. The number of thiocarbonyl (C=S) groups is 1. The minimum absolute atomic E-state index is 0.490. The van der Waals surface area contributed by atoms with Gasteiger partial charge in [-0.3, -0.25) is 0 Å². The third-order valence-electron chi connectivity index (χ3n) is 2.60. The molecule has 2 rings (SSSR count). The molecule has 0 aliphatic carbocycles. The normalized spacial score (nSPS) is 9.95. The molecule has 0 saturated heterocycles. The largest absolute Gasteiger partial charge is 0.497 e. The number of ether oxygens (including phenoxy) is 2. The van der Waals surface area contributed by atoms with E-state index in [0.717, 1.165) is 22.8 Å². The van der Waals surface area contributed by atoms with Crippen LogP contribution < -0.4 is 15.2 Å². The zero-order valence-electron chi connectivity index (χ0n) is 10.6. The highest BCUT2D eigenvalue weighted by atomic mass is 32.1. The number of rotatable bonds is 5. The van der Waals surface area contributed by atoms with Crippen molar-refractivity contribution in [3.63, 3.8) is 0 Å². The van der Waals surface area contributed by atoms with Crippen LogP contribution in [-0.2, 0) is 6.42 Å². The van der Waals surface area contributed by atoms with Crippen molar-refractivity contribution in [2.75, 3.05) is 7.11 Å². The molecule has 0 unspecified atom stereocenters. The van der Waals surface area contributed by atoms with Crippen LogP contribution in [0.25, 0.3) is 0 Å². The van der Waals surface area contributed by atoms with Crippen LogP contribution in [0.2, 0.25) is 0 Å². The molecule has 3 nitrogen and oxygen atoms in total. The molecular weight excluding hydrogens is 258 g/mol. The Morgan fingerprint density at radius 2 is 1.42 bits per heavy atom. The van der Waals surface area contributed by atoms with Gasteiger partial charge in [-0.2, -0.15) is 0 Å². The zero-order valence-corrected chi connectivity index (χ0v) is 11.4. The molecule has 0 heterocycles. The maximum absolute atomic E-state index is 5.72. The lowest BCUT2D eigenvalue weighted by atomic mass is 10.1. The second-order valence-corrected chi connectivity index (χ2v) is 4.59. The quantitative estimate of drug-likeness (QED) is 0.849. The fourth-order valence-corrected chi connectivity index (χ4v) is 1.82. The van der Waals surface area contributed by atoms with Gasteiger partial charge in [0.2, 0.25) is 0 Å². The first-order chi connectivity index (χ1) is 9.17. The number of benzene rings is 2. The van der Waals surface area contributed by atoms with Gasteiger partial charge in [0.1, 0.15) is 17.2 Å². The summed E-state index contributed by atoms with van der Waals surface area (Å²) in [5.41, 5.74) is 6.58. The average Bonchev–Trinajstić information content (AvgIpc) is 2.41. The molecule has 98 valence electrons. The van der Waals surface area contributed by atoms with Gasteiger partial charge in [-0.1, -0.05) is 24.4 Å². The van der Waals surface area contributed by atoms with Gasteiger partial charge in [0, 0.05) is 6.42 Å². The fraction of sp³-hybridized carbons (Fsp3) is 0.133. The maximum Gasteiger partial charge on any atom is 0.127 e. The van der Waals surface area contributed by atoms with Crippen molar-refractivity contribution < 1.29 is 9.47 Å². The summed E-state index contributed by atoms with van der Waals surface area (Å²) in [5.74, 6) is 2.35. The number of hydrogen-bond acceptors (Lipinski definition) is 3. The predicted molar refractivity (Wildman–Crippen MR) is 80.0 cm³/mol. The Morgan fingerprint density at radius 3 is 1.89 bits per heavy atom. The van der Waals surface area contributed by atoms with Crippen LogP contribution in [0, 0.1) is 0 Å². The van der Waals surface area contributed by atoms with E-state index in [2.05, 4.69) is 0 Å². The van der Waals surface area contributed by atoms with Crippen LogP contribution in [0.15, 0.2) is 48.5 Å². The van der Waals surface area contributed by atoms with E-state index in [1.165, 1.54) is 0 Å². The molecule has 0 fully saturated rings. The molecule has 4 heteroatoms. The summed E-state index contributed by atoms with van der Waals surface area (Å²) in [5, 5.41) is 0. The number of hydrogen-bond donors (Lipinski definition) is 1. The van der Waals surface area contributed by atoms with Gasteiger partial charge >= 0.3 is 0 Å². The summed E-state index contributed by atoms with van der Waals surface area (Å²) in [4.78, 5) is 0.490. The molecule has 0 aliphatic rings. The molecule has 0 amide bonds. The minimum atomic E-state index is 0.490. The summed E-state index contributed by atoms with van der Waals surface area (Å²) < 4.78 is 10.8. The highest BCUT2D eigenvalue weighted by molar-refractivity contribution is 7.80. The van der Waals surface area contributed by atoms with E-state index in [1.54, 1.807) is 7.11 Å². The lowest BCUT2D eigenvalue weighted by Crippen LogP contribution is -2.10. The van der Waals surface area contributed by atoms with Crippen molar-refractivity contribution in [1.29, 1.82) is 0 Å².